The van der Waals surface area contributed by atoms with Crippen molar-refractivity contribution in [3.63, 3.8) is 0 Å². The molecule has 0 radical (unpaired) electrons. The number of amides is 1. The maximum absolute atomic E-state index is 11.7. The first-order chi connectivity index (χ1) is 7.87. The van der Waals surface area contributed by atoms with E-state index in [0.29, 0.717) is 5.69 Å². The summed E-state index contributed by atoms with van der Waals surface area (Å²) in [6.45, 7) is 12.9. The third-order valence-electron chi connectivity index (χ3n) is 1.88. The lowest BCUT2D eigenvalue weighted by atomic mass is 10.2. The van der Waals surface area contributed by atoms with Crippen LogP contribution in [0.15, 0.2) is 18.5 Å². The summed E-state index contributed by atoms with van der Waals surface area (Å²) in [5.74, 6) is 0. The largest absolute Gasteiger partial charge is 0.444 e. The average Bonchev–Trinajstić information content (AvgIpc) is 2.57. The SMILES string of the molecule is C=Cc1csc(C=C)c1NC(=O)OC(C)(C)C. The monoisotopic (exact) mass is 251 g/mol. The molecule has 0 unspecified atom stereocenters. The van der Waals surface area contributed by atoms with Crippen LogP contribution in [0.5, 0.6) is 0 Å². The molecule has 0 spiro atoms. The Morgan fingerprint density at radius 3 is 2.53 bits per heavy atom. The number of carbonyl (C=O) groups excluding carboxylic acids is 1. The van der Waals surface area contributed by atoms with E-state index in [0.717, 1.165) is 10.4 Å². The minimum Gasteiger partial charge on any atom is -0.444 e. The Hall–Kier alpha value is -1.55. The first-order valence-corrected chi connectivity index (χ1v) is 6.11. The van der Waals surface area contributed by atoms with Crippen LogP contribution in [-0.2, 0) is 4.74 Å². The van der Waals surface area contributed by atoms with E-state index < -0.39 is 11.7 Å². The van der Waals surface area contributed by atoms with Gasteiger partial charge in [0.1, 0.15) is 5.60 Å². The van der Waals surface area contributed by atoms with Crippen LogP contribution in [0.4, 0.5) is 10.5 Å². The third-order valence-corrected chi connectivity index (χ3v) is 2.88. The number of hydrogen-bond donors (Lipinski definition) is 1. The van der Waals surface area contributed by atoms with Gasteiger partial charge in [0.05, 0.1) is 10.6 Å². The first kappa shape index (κ1) is 13.5. The molecule has 0 aliphatic carbocycles. The van der Waals surface area contributed by atoms with Gasteiger partial charge in [0, 0.05) is 10.9 Å². The molecule has 1 aromatic rings. The molecular formula is C13H17NO2S. The van der Waals surface area contributed by atoms with Gasteiger partial charge in [-0.3, -0.25) is 5.32 Å². The number of carbonyl (C=O) groups is 1. The summed E-state index contributed by atoms with van der Waals surface area (Å²) in [6, 6.07) is 0. The Morgan fingerprint density at radius 2 is 2.06 bits per heavy atom. The van der Waals surface area contributed by atoms with Crippen molar-refractivity contribution in [2.45, 2.75) is 26.4 Å². The van der Waals surface area contributed by atoms with Gasteiger partial charge in [0.15, 0.2) is 0 Å². The highest BCUT2D eigenvalue weighted by atomic mass is 32.1. The minimum atomic E-state index is -0.511. The first-order valence-electron chi connectivity index (χ1n) is 5.23. The molecule has 0 bridgehead atoms. The molecule has 92 valence electrons. The number of rotatable bonds is 3. The third kappa shape index (κ3) is 3.75. The van der Waals surface area contributed by atoms with Crippen molar-refractivity contribution in [2.24, 2.45) is 0 Å². The molecule has 0 aromatic carbocycles. The van der Waals surface area contributed by atoms with Crippen LogP contribution in [-0.4, -0.2) is 11.7 Å². The van der Waals surface area contributed by atoms with Crippen LogP contribution in [0.25, 0.3) is 12.2 Å². The second-order valence-electron chi connectivity index (χ2n) is 4.47. The van der Waals surface area contributed by atoms with Gasteiger partial charge in [0.2, 0.25) is 0 Å². The van der Waals surface area contributed by atoms with Crippen molar-refractivity contribution in [3.8, 4) is 0 Å². The van der Waals surface area contributed by atoms with Gasteiger partial charge in [-0.1, -0.05) is 25.3 Å². The van der Waals surface area contributed by atoms with E-state index in [1.807, 2.05) is 26.2 Å². The van der Waals surface area contributed by atoms with Gasteiger partial charge >= 0.3 is 6.09 Å². The quantitative estimate of drug-likeness (QED) is 0.865. The molecule has 1 aromatic heterocycles. The highest BCUT2D eigenvalue weighted by Gasteiger charge is 2.18. The standard InChI is InChI=1S/C13H17NO2S/c1-6-9-8-17-10(7-2)11(9)14-12(15)16-13(3,4)5/h6-8H,1-2H2,3-5H3,(H,14,15). The number of hydrogen-bond acceptors (Lipinski definition) is 3. The normalized spacial score (nSPS) is 10.8. The zero-order valence-electron chi connectivity index (χ0n) is 10.4. The molecular weight excluding hydrogens is 234 g/mol. The zero-order chi connectivity index (χ0) is 13.1. The van der Waals surface area contributed by atoms with Gasteiger partial charge in [-0.2, -0.15) is 0 Å². The van der Waals surface area contributed by atoms with Crippen LogP contribution in [0.1, 0.15) is 31.2 Å². The maximum Gasteiger partial charge on any atom is 0.412 e. The van der Waals surface area contributed by atoms with Gasteiger partial charge in [0.25, 0.3) is 0 Å². The van der Waals surface area contributed by atoms with Gasteiger partial charge in [-0.05, 0) is 20.8 Å². The molecule has 1 N–H and O–H groups in total. The van der Waals surface area contributed by atoms with E-state index in [-0.39, 0.29) is 0 Å². The summed E-state index contributed by atoms with van der Waals surface area (Å²) in [6.07, 6.45) is 2.92. The Bertz CT molecular complexity index is 415. The van der Waals surface area contributed by atoms with Crippen LogP contribution < -0.4 is 5.32 Å². The molecule has 1 rings (SSSR count). The lowest BCUT2D eigenvalue weighted by molar-refractivity contribution is 0.0636. The predicted octanol–water partition coefficient (Wildman–Crippen LogP) is 4.38. The van der Waals surface area contributed by atoms with Gasteiger partial charge in [-0.25, -0.2) is 4.79 Å². The Labute approximate surface area is 106 Å². The summed E-state index contributed by atoms with van der Waals surface area (Å²) in [7, 11) is 0. The van der Waals surface area contributed by atoms with Gasteiger partial charge < -0.3 is 4.74 Å². The van der Waals surface area contributed by atoms with Crippen molar-refractivity contribution in [1.82, 2.24) is 0 Å². The Morgan fingerprint density at radius 1 is 1.41 bits per heavy atom. The van der Waals surface area contributed by atoms with Crippen molar-refractivity contribution < 1.29 is 9.53 Å². The van der Waals surface area contributed by atoms with E-state index >= 15 is 0 Å². The number of nitrogens with one attached hydrogen (secondary N) is 1. The molecule has 0 saturated carbocycles. The topological polar surface area (TPSA) is 38.3 Å². The molecule has 0 fully saturated rings. The molecule has 1 amide bonds. The summed E-state index contributed by atoms with van der Waals surface area (Å²) >= 11 is 1.50. The number of ether oxygens (including phenoxy) is 1. The highest BCUT2D eigenvalue weighted by molar-refractivity contribution is 7.11. The van der Waals surface area contributed by atoms with E-state index in [1.165, 1.54) is 11.3 Å². The fraction of sp³-hybridized carbons (Fsp3) is 0.308. The molecule has 3 nitrogen and oxygen atoms in total. The Kier molecular flexibility index (Phi) is 4.12. The highest BCUT2D eigenvalue weighted by Crippen LogP contribution is 2.30. The van der Waals surface area contributed by atoms with Crippen LogP contribution in [0, 0.1) is 0 Å². The second-order valence-corrected chi connectivity index (χ2v) is 5.38. The lowest BCUT2D eigenvalue weighted by Crippen LogP contribution is -2.27. The Balaban J connectivity index is 2.87. The van der Waals surface area contributed by atoms with Crippen molar-refractivity contribution >= 4 is 35.3 Å². The maximum atomic E-state index is 11.7. The smallest absolute Gasteiger partial charge is 0.412 e. The molecule has 4 heteroatoms. The van der Waals surface area contributed by atoms with Crippen LogP contribution in [0.3, 0.4) is 0 Å². The van der Waals surface area contributed by atoms with Crippen molar-refractivity contribution in [2.75, 3.05) is 5.32 Å². The fourth-order valence-electron chi connectivity index (χ4n) is 1.23. The van der Waals surface area contributed by atoms with Crippen molar-refractivity contribution in [1.29, 1.82) is 0 Å². The molecule has 0 aliphatic rings. The predicted molar refractivity (Wildman–Crippen MR) is 74.4 cm³/mol. The summed E-state index contributed by atoms with van der Waals surface area (Å²) in [5, 5.41) is 4.64. The average molecular weight is 251 g/mol. The summed E-state index contributed by atoms with van der Waals surface area (Å²) in [5.41, 5.74) is 1.06. The van der Waals surface area contributed by atoms with E-state index in [9.17, 15) is 4.79 Å². The number of thiophene rings is 1. The van der Waals surface area contributed by atoms with E-state index in [1.54, 1.807) is 12.2 Å². The van der Waals surface area contributed by atoms with Crippen molar-refractivity contribution in [3.05, 3.63) is 29.0 Å². The van der Waals surface area contributed by atoms with Crippen LogP contribution >= 0.6 is 11.3 Å². The van der Waals surface area contributed by atoms with Gasteiger partial charge in [-0.15, -0.1) is 11.3 Å². The lowest BCUT2D eigenvalue weighted by Gasteiger charge is -2.19. The van der Waals surface area contributed by atoms with Crippen LogP contribution in [0.2, 0.25) is 0 Å². The van der Waals surface area contributed by atoms with E-state index in [4.69, 9.17) is 4.74 Å². The van der Waals surface area contributed by atoms with E-state index in [2.05, 4.69) is 18.5 Å². The second kappa shape index (κ2) is 5.19. The molecule has 0 saturated heterocycles. The summed E-state index contributed by atoms with van der Waals surface area (Å²) in [4.78, 5) is 12.6. The molecule has 17 heavy (non-hydrogen) atoms. The molecule has 1 heterocycles. The molecule has 0 atom stereocenters. The number of anilines is 1. The minimum absolute atomic E-state index is 0.470. The summed E-state index contributed by atoms with van der Waals surface area (Å²) < 4.78 is 5.20. The molecule has 0 aliphatic heterocycles. The fourth-order valence-corrected chi connectivity index (χ4v) is 2.08. The zero-order valence-corrected chi connectivity index (χ0v) is 11.2.